The van der Waals surface area contributed by atoms with Gasteiger partial charge in [-0.25, -0.2) is 13.8 Å². The third-order valence-electron chi connectivity index (χ3n) is 9.61. The number of anilines is 5. The number of benzene rings is 2. The van der Waals surface area contributed by atoms with Crippen LogP contribution in [0.5, 0.6) is 0 Å². The summed E-state index contributed by atoms with van der Waals surface area (Å²) in [6.45, 7) is 17.1. The molecule has 2 saturated heterocycles. The van der Waals surface area contributed by atoms with E-state index in [1.165, 1.54) is 0 Å². The van der Waals surface area contributed by atoms with Gasteiger partial charge < -0.3 is 20.9 Å². The zero-order valence-electron chi connectivity index (χ0n) is 27.6. The van der Waals surface area contributed by atoms with Crippen molar-refractivity contribution in [2.75, 3.05) is 54.8 Å². The van der Waals surface area contributed by atoms with Crippen molar-refractivity contribution in [3.8, 4) is 0 Å². The number of piperazine rings is 1. The van der Waals surface area contributed by atoms with Crippen LogP contribution in [0.1, 0.15) is 55.9 Å². The summed E-state index contributed by atoms with van der Waals surface area (Å²) in [6, 6.07) is 11.0. The van der Waals surface area contributed by atoms with Crippen LogP contribution >= 0.6 is 0 Å². The van der Waals surface area contributed by atoms with Crippen molar-refractivity contribution in [1.29, 1.82) is 0 Å². The number of aromatic nitrogens is 2. The minimum absolute atomic E-state index is 0.148. The normalized spacial score (nSPS) is 18.3. The second-order valence-corrected chi connectivity index (χ2v) is 13.7. The van der Waals surface area contributed by atoms with Gasteiger partial charge in [-0.15, -0.1) is 0 Å². The number of rotatable bonds is 8. The summed E-state index contributed by atoms with van der Waals surface area (Å²) in [6.07, 6.45) is -5.20. The summed E-state index contributed by atoms with van der Waals surface area (Å²) in [7, 11) is 0. The van der Waals surface area contributed by atoms with Crippen LogP contribution in [0.15, 0.2) is 49.2 Å². The van der Waals surface area contributed by atoms with Crippen LogP contribution in [-0.4, -0.2) is 77.0 Å². The van der Waals surface area contributed by atoms with Crippen LogP contribution in [0.3, 0.4) is 0 Å². The highest BCUT2D eigenvalue weighted by atomic mass is 19.4. The van der Waals surface area contributed by atoms with Crippen molar-refractivity contribution in [3.05, 3.63) is 71.4 Å². The summed E-state index contributed by atoms with van der Waals surface area (Å²) in [4.78, 5) is 15.4. The molecular formula is C35H43F5N8. The van der Waals surface area contributed by atoms with Gasteiger partial charge in [0, 0.05) is 98.3 Å². The van der Waals surface area contributed by atoms with Gasteiger partial charge in [0.2, 0.25) is 12.4 Å². The van der Waals surface area contributed by atoms with E-state index in [4.69, 9.17) is 0 Å². The van der Waals surface area contributed by atoms with Crippen LogP contribution < -0.4 is 20.9 Å². The molecule has 0 radical (unpaired) electrons. The number of piperidine rings is 1. The van der Waals surface area contributed by atoms with Crippen molar-refractivity contribution in [2.45, 2.75) is 70.8 Å². The van der Waals surface area contributed by atoms with Crippen molar-refractivity contribution in [2.24, 2.45) is 0 Å². The average Bonchev–Trinajstić information content (AvgIpc) is 3.42. The number of hydrogen-bond acceptors (Lipinski definition) is 8. The molecule has 0 aliphatic carbocycles. The molecular weight excluding hydrogens is 627 g/mol. The van der Waals surface area contributed by atoms with E-state index < -0.39 is 30.4 Å². The first kappa shape index (κ1) is 33.9. The van der Waals surface area contributed by atoms with Gasteiger partial charge in [0.1, 0.15) is 11.4 Å². The highest BCUT2D eigenvalue weighted by Gasteiger charge is 2.36. The molecule has 2 aromatic carbocycles. The first-order valence-electron chi connectivity index (χ1n) is 16.4. The Bertz CT molecular complexity index is 1620. The maximum atomic E-state index is 14.0. The first-order valence-corrected chi connectivity index (χ1v) is 16.4. The Morgan fingerprint density at radius 3 is 2.35 bits per heavy atom. The third-order valence-corrected chi connectivity index (χ3v) is 9.61. The van der Waals surface area contributed by atoms with Gasteiger partial charge in [-0.1, -0.05) is 18.7 Å². The molecule has 4 heterocycles. The van der Waals surface area contributed by atoms with E-state index in [9.17, 15) is 22.0 Å². The lowest BCUT2D eigenvalue weighted by Gasteiger charge is -2.46. The Morgan fingerprint density at radius 2 is 1.69 bits per heavy atom. The van der Waals surface area contributed by atoms with Crippen LogP contribution in [0.2, 0.25) is 0 Å². The molecule has 2 fully saturated rings. The quantitative estimate of drug-likeness (QED) is 0.217. The summed E-state index contributed by atoms with van der Waals surface area (Å²) in [5.41, 5.74) is 3.19. The van der Waals surface area contributed by atoms with E-state index in [0.717, 1.165) is 63.4 Å². The van der Waals surface area contributed by atoms with Crippen LogP contribution in [-0.2, 0) is 19.1 Å². The minimum atomic E-state index is -4.73. The molecule has 0 bridgehead atoms. The SMILES string of the molecule is C=C1NCc2cccc(Nc3nc(Nc4ccc(N5CCC(N6CCN(C(C)(C)C)CC6)CC5)cc4CC(F)F)ncc3C(F)(F)F)c21. The lowest BCUT2D eigenvalue weighted by Crippen LogP contribution is -2.57. The van der Waals surface area contributed by atoms with Crippen LogP contribution in [0.25, 0.3) is 5.70 Å². The Labute approximate surface area is 278 Å². The van der Waals surface area contributed by atoms with Gasteiger partial charge in [0.15, 0.2) is 0 Å². The molecule has 0 atom stereocenters. The third kappa shape index (κ3) is 7.52. The van der Waals surface area contributed by atoms with Crippen LogP contribution in [0, 0.1) is 0 Å². The van der Waals surface area contributed by atoms with Crippen molar-refractivity contribution < 1.29 is 22.0 Å². The molecule has 3 N–H and O–H groups in total. The monoisotopic (exact) mass is 670 g/mol. The fraction of sp³-hybridized carbons (Fsp3) is 0.486. The number of nitrogens with one attached hydrogen (secondary N) is 3. The maximum Gasteiger partial charge on any atom is 0.421 e. The molecule has 3 aliphatic rings. The maximum absolute atomic E-state index is 14.0. The van der Waals surface area contributed by atoms with Gasteiger partial charge in [-0.2, -0.15) is 18.2 Å². The number of fused-ring (bicyclic) bond motifs is 1. The molecule has 0 saturated carbocycles. The van der Waals surface area contributed by atoms with E-state index in [1.807, 2.05) is 12.1 Å². The second kappa shape index (κ2) is 13.5. The van der Waals surface area contributed by atoms with E-state index in [0.29, 0.717) is 47.0 Å². The molecule has 6 rings (SSSR count). The fourth-order valence-corrected chi connectivity index (χ4v) is 6.97. The highest BCUT2D eigenvalue weighted by Crippen LogP contribution is 2.38. The molecule has 8 nitrogen and oxygen atoms in total. The van der Waals surface area contributed by atoms with Gasteiger partial charge in [-0.05, 0) is 69.0 Å². The number of nitrogens with zero attached hydrogens (tertiary/aromatic N) is 5. The molecule has 1 aromatic heterocycles. The number of hydrogen-bond donors (Lipinski definition) is 3. The molecule has 3 aromatic rings. The molecule has 0 amide bonds. The zero-order valence-corrected chi connectivity index (χ0v) is 27.6. The Balaban J connectivity index is 1.18. The Kier molecular flexibility index (Phi) is 9.54. The van der Waals surface area contributed by atoms with Crippen molar-refractivity contribution in [1.82, 2.24) is 25.1 Å². The molecule has 258 valence electrons. The summed E-state index contributed by atoms with van der Waals surface area (Å²) in [5, 5.41) is 8.85. The average molecular weight is 671 g/mol. The summed E-state index contributed by atoms with van der Waals surface area (Å²) >= 11 is 0. The standard InChI is InChI=1S/C35H43F5N8/c1-22-31-23(20-41-22)6-5-7-29(31)43-32-27(35(38,39)40)21-42-33(45-32)44-28-9-8-26(18-24(28)19-30(36)37)46-12-10-25(11-13-46)47-14-16-48(17-15-47)34(2,3)4/h5-9,18,21,25,30,41H,1,10-17,19-20H2,2-4H3,(H2,42,43,44,45). The van der Waals surface area contributed by atoms with Crippen LogP contribution in [0.4, 0.5) is 50.8 Å². The lowest BCUT2D eigenvalue weighted by atomic mass is 9.99. The summed E-state index contributed by atoms with van der Waals surface area (Å²) in [5.74, 6) is -0.603. The zero-order chi connectivity index (χ0) is 34.2. The van der Waals surface area contributed by atoms with Gasteiger partial charge >= 0.3 is 6.18 Å². The molecule has 0 unspecified atom stereocenters. The van der Waals surface area contributed by atoms with E-state index in [-0.39, 0.29) is 11.5 Å². The summed E-state index contributed by atoms with van der Waals surface area (Å²) < 4.78 is 69.6. The number of halogens is 5. The Morgan fingerprint density at radius 1 is 0.958 bits per heavy atom. The Hall–Kier alpha value is -3.97. The van der Waals surface area contributed by atoms with E-state index in [1.54, 1.807) is 24.3 Å². The molecule has 3 aliphatic heterocycles. The topological polar surface area (TPSA) is 71.6 Å². The predicted molar refractivity (Wildman–Crippen MR) is 180 cm³/mol. The van der Waals surface area contributed by atoms with Gasteiger partial charge in [0.05, 0.1) is 0 Å². The fourth-order valence-electron chi connectivity index (χ4n) is 6.97. The first-order chi connectivity index (χ1) is 22.8. The van der Waals surface area contributed by atoms with Gasteiger partial charge in [-0.3, -0.25) is 9.80 Å². The van der Waals surface area contributed by atoms with Crippen molar-refractivity contribution in [3.63, 3.8) is 0 Å². The van der Waals surface area contributed by atoms with Crippen molar-refractivity contribution >= 4 is 34.5 Å². The number of alkyl halides is 5. The second-order valence-electron chi connectivity index (χ2n) is 13.7. The molecule has 0 spiro atoms. The molecule has 48 heavy (non-hydrogen) atoms. The lowest BCUT2D eigenvalue weighted by molar-refractivity contribution is -0.137. The predicted octanol–water partition coefficient (Wildman–Crippen LogP) is 7.25. The minimum Gasteiger partial charge on any atom is -0.381 e. The largest absolute Gasteiger partial charge is 0.421 e. The molecule has 13 heteroatoms. The highest BCUT2D eigenvalue weighted by molar-refractivity contribution is 5.82. The van der Waals surface area contributed by atoms with Gasteiger partial charge in [0.25, 0.3) is 0 Å². The van der Waals surface area contributed by atoms with E-state index in [2.05, 4.69) is 68.0 Å². The smallest absolute Gasteiger partial charge is 0.381 e. The van der Waals surface area contributed by atoms with E-state index >= 15 is 0 Å².